The molecule has 1 aliphatic rings. The van der Waals surface area contributed by atoms with Gasteiger partial charge < -0.3 is 15.8 Å². The highest BCUT2D eigenvalue weighted by molar-refractivity contribution is 5.93. The van der Waals surface area contributed by atoms with E-state index in [1.54, 1.807) is 6.07 Å². The van der Waals surface area contributed by atoms with Crippen molar-refractivity contribution in [3.05, 3.63) is 35.1 Å². The molecule has 134 valence electrons. The van der Waals surface area contributed by atoms with Crippen molar-refractivity contribution in [2.45, 2.75) is 45.6 Å². The number of carbonyl (C=O) groups is 1. The number of nitrogens with one attached hydrogen (secondary N) is 1. The van der Waals surface area contributed by atoms with E-state index >= 15 is 0 Å². The number of amides is 1. The van der Waals surface area contributed by atoms with Gasteiger partial charge in [0, 0.05) is 30.2 Å². The number of halogens is 1. The first-order valence-electron chi connectivity index (χ1n) is 8.91. The van der Waals surface area contributed by atoms with Crippen molar-refractivity contribution in [3.63, 3.8) is 0 Å². The van der Waals surface area contributed by atoms with Gasteiger partial charge in [0.15, 0.2) is 0 Å². The standard InChI is InChI=1S/C19H29FN2O2/c1-4-22-12-15-8-6-7-13(3)19(15,24-5-2)16-11-14(18(21)23)9-10-17(16)20/h9-11,13,15,22H,4-8,12H2,1-3H3,(H2,21,23). The number of carbonyl (C=O) groups excluding carboxylic acids is 1. The third-order valence-electron chi connectivity index (χ3n) is 5.22. The Kier molecular flexibility index (Phi) is 6.35. The molecule has 0 aromatic heterocycles. The first-order valence-corrected chi connectivity index (χ1v) is 8.91. The molecular formula is C19H29FN2O2. The molecule has 3 unspecified atom stereocenters. The molecule has 3 N–H and O–H groups in total. The topological polar surface area (TPSA) is 64.3 Å². The molecule has 3 atom stereocenters. The number of nitrogens with two attached hydrogens (primary N) is 1. The molecule has 24 heavy (non-hydrogen) atoms. The van der Waals surface area contributed by atoms with Crippen molar-refractivity contribution in [2.24, 2.45) is 17.6 Å². The SMILES string of the molecule is CCNCC1CCCC(C)C1(OCC)c1cc(C(N)=O)ccc1F. The number of primary amides is 1. The predicted octanol–water partition coefficient (Wildman–Crippen LogP) is 3.20. The van der Waals surface area contributed by atoms with Crippen LogP contribution in [0, 0.1) is 17.7 Å². The lowest BCUT2D eigenvalue weighted by molar-refractivity contribution is -0.145. The van der Waals surface area contributed by atoms with E-state index < -0.39 is 11.5 Å². The quantitative estimate of drug-likeness (QED) is 0.804. The molecule has 1 fully saturated rings. The lowest BCUT2D eigenvalue weighted by atomic mass is 9.65. The van der Waals surface area contributed by atoms with Gasteiger partial charge in [-0.1, -0.05) is 20.3 Å². The highest BCUT2D eigenvalue weighted by atomic mass is 19.1. The summed E-state index contributed by atoms with van der Waals surface area (Å²) >= 11 is 0. The molecule has 0 spiro atoms. The van der Waals surface area contributed by atoms with Gasteiger partial charge in [-0.3, -0.25) is 4.79 Å². The van der Waals surface area contributed by atoms with E-state index in [1.165, 1.54) is 12.1 Å². The minimum atomic E-state index is -0.731. The molecule has 1 aliphatic carbocycles. The number of hydrogen-bond donors (Lipinski definition) is 2. The van der Waals surface area contributed by atoms with Crippen molar-refractivity contribution in [2.75, 3.05) is 19.7 Å². The van der Waals surface area contributed by atoms with E-state index in [-0.39, 0.29) is 17.7 Å². The number of rotatable bonds is 7. The minimum Gasteiger partial charge on any atom is -0.370 e. The molecule has 1 saturated carbocycles. The Labute approximate surface area is 144 Å². The number of benzene rings is 1. The van der Waals surface area contributed by atoms with Crippen LogP contribution in [0.15, 0.2) is 18.2 Å². The zero-order chi connectivity index (χ0) is 17.7. The second-order valence-corrected chi connectivity index (χ2v) is 6.62. The van der Waals surface area contributed by atoms with Crippen LogP contribution in [0.5, 0.6) is 0 Å². The molecule has 0 aliphatic heterocycles. The Balaban J connectivity index is 2.58. The minimum absolute atomic E-state index is 0.152. The molecule has 5 heteroatoms. The number of ether oxygens (including phenoxy) is 1. The molecule has 0 radical (unpaired) electrons. The highest BCUT2D eigenvalue weighted by Gasteiger charge is 2.49. The van der Waals surface area contributed by atoms with Crippen LogP contribution >= 0.6 is 0 Å². The van der Waals surface area contributed by atoms with Gasteiger partial charge in [-0.15, -0.1) is 0 Å². The fourth-order valence-corrected chi connectivity index (χ4v) is 4.11. The average molecular weight is 336 g/mol. The van der Waals surface area contributed by atoms with Crippen molar-refractivity contribution in [1.29, 1.82) is 0 Å². The molecule has 2 rings (SSSR count). The smallest absolute Gasteiger partial charge is 0.248 e. The van der Waals surface area contributed by atoms with Gasteiger partial charge in [0.25, 0.3) is 0 Å². The van der Waals surface area contributed by atoms with E-state index in [4.69, 9.17) is 10.5 Å². The van der Waals surface area contributed by atoms with Gasteiger partial charge in [-0.2, -0.15) is 0 Å². The van der Waals surface area contributed by atoms with Gasteiger partial charge in [0.2, 0.25) is 5.91 Å². The van der Waals surface area contributed by atoms with Gasteiger partial charge in [0.1, 0.15) is 11.4 Å². The lowest BCUT2D eigenvalue weighted by Crippen LogP contribution is -2.50. The summed E-state index contributed by atoms with van der Waals surface area (Å²) in [6.07, 6.45) is 3.05. The van der Waals surface area contributed by atoms with Gasteiger partial charge in [-0.25, -0.2) is 4.39 Å². The van der Waals surface area contributed by atoms with Gasteiger partial charge in [0.05, 0.1) is 0 Å². The monoisotopic (exact) mass is 336 g/mol. The fraction of sp³-hybridized carbons (Fsp3) is 0.632. The van der Waals surface area contributed by atoms with Gasteiger partial charge >= 0.3 is 0 Å². The van der Waals surface area contributed by atoms with Crippen molar-refractivity contribution < 1.29 is 13.9 Å². The summed E-state index contributed by atoms with van der Waals surface area (Å²) in [5, 5.41) is 3.38. The zero-order valence-electron chi connectivity index (χ0n) is 14.9. The second-order valence-electron chi connectivity index (χ2n) is 6.62. The lowest BCUT2D eigenvalue weighted by Gasteiger charge is -2.49. The van der Waals surface area contributed by atoms with Crippen LogP contribution in [0.3, 0.4) is 0 Å². The van der Waals surface area contributed by atoms with Crippen LogP contribution in [-0.2, 0) is 10.3 Å². The third kappa shape index (κ3) is 3.47. The average Bonchev–Trinajstić information content (AvgIpc) is 2.55. The Morgan fingerprint density at radius 1 is 1.42 bits per heavy atom. The van der Waals surface area contributed by atoms with Crippen LogP contribution in [0.2, 0.25) is 0 Å². The zero-order valence-corrected chi connectivity index (χ0v) is 14.9. The summed E-state index contributed by atoms with van der Waals surface area (Å²) in [7, 11) is 0. The van der Waals surface area contributed by atoms with Crippen molar-refractivity contribution in [3.8, 4) is 0 Å². The van der Waals surface area contributed by atoms with E-state index in [0.717, 1.165) is 32.4 Å². The Hall–Kier alpha value is -1.46. The maximum Gasteiger partial charge on any atom is 0.248 e. The molecule has 0 saturated heterocycles. The molecule has 4 nitrogen and oxygen atoms in total. The summed E-state index contributed by atoms with van der Waals surface area (Å²) < 4.78 is 21.1. The van der Waals surface area contributed by atoms with E-state index in [2.05, 4.69) is 19.2 Å². The van der Waals surface area contributed by atoms with Crippen LogP contribution in [0.4, 0.5) is 4.39 Å². The summed E-state index contributed by atoms with van der Waals surface area (Å²) in [6, 6.07) is 4.36. The van der Waals surface area contributed by atoms with E-state index in [1.807, 2.05) is 6.92 Å². The third-order valence-corrected chi connectivity index (χ3v) is 5.22. The van der Waals surface area contributed by atoms with Crippen LogP contribution < -0.4 is 11.1 Å². The molecule has 1 aromatic carbocycles. The fourth-order valence-electron chi connectivity index (χ4n) is 4.11. The molecule has 0 heterocycles. The van der Waals surface area contributed by atoms with E-state index in [9.17, 15) is 9.18 Å². The van der Waals surface area contributed by atoms with Gasteiger partial charge in [-0.05, 0) is 50.4 Å². The molecule has 1 aromatic rings. The summed E-state index contributed by atoms with van der Waals surface area (Å²) in [5.74, 6) is -0.565. The maximum absolute atomic E-state index is 14.8. The molecule has 1 amide bonds. The van der Waals surface area contributed by atoms with Crippen LogP contribution in [-0.4, -0.2) is 25.6 Å². The Morgan fingerprint density at radius 3 is 2.79 bits per heavy atom. The number of hydrogen-bond acceptors (Lipinski definition) is 3. The first kappa shape index (κ1) is 18.9. The van der Waals surface area contributed by atoms with Crippen LogP contribution in [0.25, 0.3) is 0 Å². The summed E-state index contributed by atoms with van der Waals surface area (Å²) in [6.45, 7) is 8.22. The van der Waals surface area contributed by atoms with Crippen molar-refractivity contribution in [1.82, 2.24) is 5.32 Å². The van der Waals surface area contributed by atoms with Crippen LogP contribution in [0.1, 0.15) is 56.0 Å². The normalized spacial score (nSPS) is 27.2. The van der Waals surface area contributed by atoms with E-state index in [0.29, 0.717) is 17.7 Å². The summed E-state index contributed by atoms with van der Waals surface area (Å²) in [5.41, 5.74) is 5.48. The predicted molar refractivity (Wildman–Crippen MR) is 93.3 cm³/mol. The highest BCUT2D eigenvalue weighted by Crippen LogP contribution is 2.49. The summed E-state index contributed by atoms with van der Waals surface area (Å²) in [4.78, 5) is 11.6. The molecule has 0 bridgehead atoms. The first-order chi connectivity index (χ1) is 11.5. The molecular weight excluding hydrogens is 307 g/mol. The Morgan fingerprint density at radius 2 is 2.17 bits per heavy atom. The Bertz CT molecular complexity index is 578. The second kappa shape index (κ2) is 8.08. The maximum atomic E-state index is 14.8. The largest absolute Gasteiger partial charge is 0.370 e. The van der Waals surface area contributed by atoms with Crippen molar-refractivity contribution >= 4 is 5.91 Å².